The molecule has 0 aliphatic carbocycles. The molecule has 0 amide bonds. The number of aromatic nitrogens is 1. The van der Waals surface area contributed by atoms with Gasteiger partial charge in [0.2, 0.25) is 0 Å². The van der Waals surface area contributed by atoms with E-state index in [0.29, 0.717) is 0 Å². The fourth-order valence-corrected chi connectivity index (χ4v) is 0.806. The van der Waals surface area contributed by atoms with E-state index in [4.69, 9.17) is 0 Å². The number of hydrogen-bond acceptors (Lipinski definition) is 1. The van der Waals surface area contributed by atoms with Crippen LogP contribution in [0.1, 0.15) is 40.3 Å². The molecule has 1 heterocycles. The Balaban J connectivity index is 0.000000364. The first-order valence-electron chi connectivity index (χ1n) is 5.01. The minimum Gasteiger partial charge on any atom is -0.261 e. The van der Waals surface area contributed by atoms with Gasteiger partial charge in [-0.05, 0) is 26.0 Å². The quantitative estimate of drug-likeness (QED) is 0.566. The van der Waals surface area contributed by atoms with E-state index in [1.807, 2.05) is 44.3 Å². The molecule has 0 saturated carbocycles. The first-order chi connectivity index (χ1) is 6.52. The average molecular weight is 191 g/mol. The normalized spacial score (nSPS) is 10.9. The lowest BCUT2D eigenvalue weighted by Crippen LogP contribution is -2.12. The monoisotopic (exact) mass is 191 g/mol. The topological polar surface area (TPSA) is 12.9 Å². The van der Waals surface area contributed by atoms with Crippen molar-refractivity contribution in [2.75, 3.05) is 0 Å². The summed E-state index contributed by atoms with van der Waals surface area (Å²) < 4.78 is 0. The molecular formula is C13H21N. The van der Waals surface area contributed by atoms with Gasteiger partial charge in [0.05, 0.1) is 0 Å². The molecule has 0 saturated heterocycles. The smallest absolute Gasteiger partial charge is 0.0457 e. The lowest BCUT2D eigenvalue weighted by atomic mass is 9.92. The minimum absolute atomic E-state index is 0.182. The summed E-state index contributed by atoms with van der Waals surface area (Å²) >= 11 is 0. The molecule has 14 heavy (non-hydrogen) atoms. The summed E-state index contributed by atoms with van der Waals surface area (Å²) in [5, 5.41) is 0. The molecule has 0 spiro atoms. The number of nitrogens with zero attached hydrogens (tertiary/aromatic N) is 1. The van der Waals surface area contributed by atoms with Crippen molar-refractivity contribution in [3.8, 4) is 0 Å². The van der Waals surface area contributed by atoms with Crippen LogP contribution < -0.4 is 0 Å². The summed E-state index contributed by atoms with van der Waals surface area (Å²) in [5.74, 6) is 0. The predicted octanol–water partition coefficient (Wildman–Crippen LogP) is 3.96. The van der Waals surface area contributed by atoms with Gasteiger partial charge in [-0.2, -0.15) is 0 Å². The number of allylic oxidation sites excluding steroid dienone is 2. The van der Waals surface area contributed by atoms with Gasteiger partial charge in [-0.25, -0.2) is 0 Å². The van der Waals surface area contributed by atoms with Crippen LogP contribution in [0.15, 0.2) is 36.5 Å². The summed E-state index contributed by atoms with van der Waals surface area (Å²) in [6, 6.07) is 6.02. The maximum Gasteiger partial charge on any atom is 0.0457 e. The van der Waals surface area contributed by atoms with Crippen molar-refractivity contribution in [2.24, 2.45) is 0 Å². The Labute approximate surface area is 87.9 Å². The summed E-state index contributed by atoms with van der Waals surface area (Å²) in [6.45, 7) is 10.5. The van der Waals surface area contributed by atoms with Gasteiger partial charge in [-0.15, -0.1) is 0 Å². The maximum atomic E-state index is 4.25. The van der Waals surface area contributed by atoms with Crippen molar-refractivity contribution in [1.29, 1.82) is 0 Å². The average Bonchev–Trinajstić information content (AvgIpc) is 2.18. The van der Waals surface area contributed by atoms with Gasteiger partial charge in [0.25, 0.3) is 0 Å². The molecule has 1 aromatic heterocycles. The SMILES string of the molecule is C/C=C/C.CC(C)(C)c1ccccn1. The Bertz CT molecular complexity index is 250. The number of pyridine rings is 1. The van der Waals surface area contributed by atoms with Crippen LogP contribution in [0.4, 0.5) is 0 Å². The zero-order valence-corrected chi connectivity index (χ0v) is 9.91. The zero-order valence-electron chi connectivity index (χ0n) is 9.91. The third kappa shape index (κ3) is 5.52. The van der Waals surface area contributed by atoms with Crippen molar-refractivity contribution < 1.29 is 0 Å². The fourth-order valence-electron chi connectivity index (χ4n) is 0.806. The molecule has 1 rings (SSSR count). The van der Waals surface area contributed by atoms with Crippen LogP contribution in [0, 0.1) is 0 Å². The van der Waals surface area contributed by atoms with Crippen LogP contribution in [-0.2, 0) is 5.41 Å². The Morgan fingerprint density at radius 2 is 1.64 bits per heavy atom. The van der Waals surface area contributed by atoms with Crippen molar-refractivity contribution in [3.63, 3.8) is 0 Å². The molecule has 0 fully saturated rings. The maximum absolute atomic E-state index is 4.25. The van der Waals surface area contributed by atoms with Gasteiger partial charge < -0.3 is 0 Å². The van der Waals surface area contributed by atoms with Crippen LogP contribution in [0.2, 0.25) is 0 Å². The third-order valence-electron chi connectivity index (χ3n) is 1.77. The second-order valence-electron chi connectivity index (χ2n) is 4.13. The Hall–Kier alpha value is -1.11. The molecule has 0 N–H and O–H groups in total. The van der Waals surface area contributed by atoms with Gasteiger partial charge in [0.1, 0.15) is 0 Å². The Kier molecular flexibility index (Phi) is 5.86. The van der Waals surface area contributed by atoms with Crippen LogP contribution >= 0.6 is 0 Å². The standard InChI is InChI=1S/C9H13N.C4H8/c1-9(2,3)8-6-4-5-7-10-8;1-3-4-2/h4-7H,1-3H3;3-4H,1-2H3/b;4-3+. The van der Waals surface area contributed by atoms with Gasteiger partial charge in [0, 0.05) is 17.3 Å². The van der Waals surface area contributed by atoms with E-state index < -0.39 is 0 Å². The van der Waals surface area contributed by atoms with Crippen LogP contribution in [0.25, 0.3) is 0 Å². The number of hydrogen-bond donors (Lipinski definition) is 0. The zero-order chi connectivity index (χ0) is 11.0. The van der Waals surface area contributed by atoms with E-state index in [1.54, 1.807) is 0 Å². The summed E-state index contributed by atoms with van der Waals surface area (Å²) in [7, 11) is 0. The van der Waals surface area contributed by atoms with E-state index in [2.05, 4.69) is 31.8 Å². The molecule has 0 aliphatic heterocycles. The van der Waals surface area contributed by atoms with E-state index in [1.165, 1.54) is 0 Å². The fraction of sp³-hybridized carbons (Fsp3) is 0.462. The van der Waals surface area contributed by atoms with Crippen molar-refractivity contribution in [2.45, 2.75) is 40.0 Å². The van der Waals surface area contributed by atoms with Gasteiger partial charge >= 0.3 is 0 Å². The summed E-state index contributed by atoms with van der Waals surface area (Å²) in [4.78, 5) is 4.25. The van der Waals surface area contributed by atoms with Crippen LogP contribution in [-0.4, -0.2) is 4.98 Å². The van der Waals surface area contributed by atoms with E-state index in [0.717, 1.165) is 5.69 Å². The molecule has 0 radical (unpaired) electrons. The van der Waals surface area contributed by atoms with Gasteiger partial charge in [0.15, 0.2) is 0 Å². The molecule has 0 atom stereocenters. The second-order valence-corrected chi connectivity index (χ2v) is 4.13. The molecular weight excluding hydrogens is 170 g/mol. The first-order valence-corrected chi connectivity index (χ1v) is 5.01. The molecule has 0 unspecified atom stereocenters. The van der Waals surface area contributed by atoms with E-state index >= 15 is 0 Å². The highest BCUT2D eigenvalue weighted by molar-refractivity contribution is 5.12. The number of rotatable bonds is 0. The molecule has 78 valence electrons. The predicted molar refractivity (Wildman–Crippen MR) is 63.4 cm³/mol. The Morgan fingerprint density at radius 1 is 1.07 bits per heavy atom. The first kappa shape index (κ1) is 12.9. The van der Waals surface area contributed by atoms with Crippen molar-refractivity contribution in [3.05, 3.63) is 42.2 Å². The molecule has 1 heteroatoms. The highest BCUT2D eigenvalue weighted by Gasteiger charge is 2.13. The summed E-state index contributed by atoms with van der Waals surface area (Å²) in [6.07, 6.45) is 5.83. The largest absolute Gasteiger partial charge is 0.261 e. The molecule has 0 aliphatic rings. The van der Waals surface area contributed by atoms with Crippen molar-refractivity contribution >= 4 is 0 Å². The van der Waals surface area contributed by atoms with E-state index in [9.17, 15) is 0 Å². The van der Waals surface area contributed by atoms with E-state index in [-0.39, 0.29) is 5.41 Å². The molecule has 0 aromatic carbocycles. The molecule has 0 bridgehead atoms. The lowest BCUT2D eigenvalue weighted by Gasteiger charge is -2.16. The van der Waals surface area contributed by atoms with Gasteiger partial charge in [-0.1, -0.05) is 39.0 Å². The van der Waals surface area contributed by atoms with Gasteiger partial charge in [-0.3, -0.25) is 4.98 Å². The molecule has 1 aromatic rings. The third-order valence-corrected chi connectivity index (χ3v) is 1.77. The van der Waals surface area contributed by atoms with Crippen LogP contribution in [0.5, 0.6) is 0 Å². The summed E-state index contributed by atoms with van der Waals surface area (Å²) in [5.41, 5.74) is 1.33. The molecule has 1 nitrogen and oxygen atoms in total. The van der Waals surface area contributed by atoms with Crippen molar-refractivity contribution in [1.82, 2.24) is 4.98 Å². The highest BCUT2D eigenvalue weighted by Crippen LogP contribution is 2.18. The highest BCUT2D eigenvalue weighted by atomic mass is 14.7. The minimum atomic E-state index is 0.182. The lowest BCUT2D eigenvalue weighted by molar-refractivity contribution is 0.569. The second kappa shape index (κ2) is 6.36. The van der Waals surface area contributed by atoms with Crippen LogP contribution in [0.3, 0.4) is 0 Å². The Morgan fingerprint density at radius 3 is 1.86 bits per heavy atom.